The number of ether oxygens (including phenoxy) is 2. The number of benzene rings is 1. The van der Waals surface area contributed by atoms with Crippen molar-refractivity contribution in [2.24, 2.45) is 0 Å². The fourth-order valence-corrected chi connectivity index (χ4v) is 2.95. The van der Waals surface area contributed by atoms with Crippen LogP contribution in [0, 0.1) is 0 Å². The Hall–Kier alpha value is -1.23. The third kappa shape index (κ3) is 5.41. The molecule has 0 fully saturated rings. The van der Waals surface area contributed by atoms with Crippen LogP contribution in [0.5, 0.6) is 5.75 Å². The van der Waals surface area contributed by atoms with Gasteiger partial charge in [0.05, 0.1) is 12.3 Å². The van der Waals surface area contributed by atoms with Crippen LogP contribution in [0.1, 0.15) is 45.6 Å². The van der Waals surface area contributed by atoms with Gasteiger partial charge >= 0.3 is 6.09 Å². The molecule has 1 aromatic rings. The van der Waals surface area contributed by atoms with Crippen LogP contribution < -0.4 is 9.64 Å². The molecule has 0 saturated carbocycles. The van der Waals surface area contributed by atoms with Gasteiger partial charge in [-0.3, -0.25) is 4.90 Å². The van der Waals surface area contributed by atoms with E-state index in [1.807, 2.05) is 32.9 Å². The second kappa shape index (κ2) is 8.04. The molecule has 0 spiro atoms. The smallest absolute Gasteiger partial charge is 0.414 e. The molecular weight excluding hydrogens is 358 g/mol. The molecule has 1 amide bonds. The predicted molar refractivity (Wildman–Crippen MR) is 96.9 cm³/mol. The van der Waals surface area contributed by atoms with Gasteiger partial charge in [0.1, 0.15) is 11.4 Å². The number of rotatable bonds is 5. The molecular formula is C18H26BrNO3. The number of carbonyl (C=O) groups is 1. The van der Waals surface area contributed by atoms with Gasteiger partial charge in [0.2, 0.25) is 0 Å². The molecule has 4 nitrogen and oxygen atoms in total. The summed E-state index contributed by atoms with van der Waals surface area (Å²) >= 11 is 3.42. The molecule has 0 atom stereocenters. The lowest BCUT2D eigenvalue weighted by molar-refractivity contribution is 0.0578. The van der Waals surface area contributed by atoms with Crippen LogP contribution >= 0.6 is 15.9 Å². The van der Waals surface area contributed by atoms with Crippen molar-refractivity contribution in [3.8, 4) is 5.75 Å². The summed E-state index contributed by atoms with van der Waals surface area (Å²) in [6.45, 7) is 7.09. The summed E-state index contributed by atoms with van der Waals surface area (Å²) in [7, 11) is 0. The van der Waals surface area contributed by atoms with Gasteiger partial charge in [-0.05, 0) is 70.2 Å². The van der Waals surface area contributed by atoms with E-state index in [4.69, 9.17) is 9.47 Å². The normalized spacial score (nSPS) is 14.3. The first kappa shape index (κ1) is 18.1. The first-order valence-corrected chi connectivity index (χ1v) is 9.35. The van der Waals surface area contributed by atoms with Gasteiger partial charge in [0.15, 0.2) is 0 Å². The summed E-state index contributed by atoms with van der Waals surface area (Å²) in [4.78, 5) is 14.1. The van der Waals surface area contributed by atoms with Crippen molar-refractivity contribution < 1.29 is 14.3 Å². The van der Waals surface area contributed by atoms with Crippen molar-refractivity contribution in [1.82, 2.24) is 0 Å². The fraction of sp³-hybridized carbons (Fsp3) is 0.611. The largest absolute Gasteiger partial charge is 0.494 e. The third-order valence-corrected chi connectivity index (χ3v) is 4.14. The van der Waals surface area contributed by atoms with Crippen LogP contribution in [0.3, 0.4) is 0 Å². The van der Waals surface area contributed by atoms with E-state index < -0.39 is 5.60 Å². The summed E-state index contributed by atoms with van der Waals surface area (Å²) in [5, 5.41) is 1.01. The summed E-state index contributed by atoms with van der Waals surface area (Å²) < 4.78 is 11.3. The minimum absolute atomic E-state index is 0.274. The number of alkyl halides is 1. The van der Waals surface area contributed by atoms with Crippen LogP contribution in [0.4, 0.5) is 10.5 Å². The number of fused-ring (bicyclic) bond motifs is 1. The molecule has 1 aliphatic heterocycles. The van der Waals surface area contributed by atoms with Crippen molar-refractivity contribution in [1.29, 1.82) is 0 Å². The van der Waals surface area contributed by atoms with Crippen molar-refractivity contribution in [3.63, 3.8) is 0 Å². The lowest BCUT2D eigenvalue weighted by atomic mass is 10.0. The van der Waals surface area contributed by atoms with Gasteiger partial charge in [-0.15, -0.1) is 0 Å². The van der Waals surface area contributed by atoms with Crippen molar-refractivity contribution in [2.45, 2.75) is 52.1 Å². The molecule has 2 rings (SSSR count). The first-order valence-electron chi connectivity index (χ1n) is 8.23. The highest BCUT2D eigenvalue weighted by Gasteiger charge is 2.27. The Balaban J connectivity index is 2.06. The number of anilines is 1. The number of unbranched alkanes of at least 4 members (excludes halogenated alkanes) is 1. The van der Waals surface area contributed by atoms with E-state index in [2.05, 4.69) is 22.0 Å². The van der Waals surface area contributed by atoms with E-state index in [9.17, 15) is 4.79 Å². The van der Waals surface area contributed by atoms with E-state index in [-0.39, 0.29) is 6.09 Å². The molecule has 0 radical (unpaired) electrons. The molecule has 1 aromatic carbocycles. The molecule has 0 aromatic heterocycles. The highest BCUT2D eigenvalue weighted by Crippen LogP contribution is 2.31. The molecule has 0 bridgehead atoms. The van der Waals surface area contributed by atoms with E-state index in [1.165, 1.54) is 0 Å². The molecule has 0 unspecified atom stereocenters. The van der Waals surface area contributed by atoms with Gasteiger partial charge < -0.3 is 9.47 Å². The minimum atomic E-state index is -0.479. The van der Waals surface area contributed by atoms with Crippen LogP contribution in [0.25, 0.3) is 0 Å². The van der Waals surface area contributed by atoms with Crippen LogP contribution in [-0.4, -0.2) is 30.2 Å². The highest BCUT2D eigenvalue weighted by atomic mass is 79.9. The summed E-state index contributed by atoms with van der Waals surface area (Å²) in [5.41, 5.74) is 1.62. The molecule has 23 heavy (non-hydrogen) atoms. The number of amides is 1. The fourth-order valence-electron chi connectivity index (χ4n) is 2.56. The number of hydrogen-bond donors (Lipinski definition) is 0. The maximum Gasteiger partial charge on any atom is 0.414 e. The predicted octanol–water partition coefficient (Wildman–Crippen LogP) is 4.93. The monoisotopic (exact) mass is 383 g/mol. The second-order valence-electron chi connectivity index (χ2n) is 6.77. The van der Waals surface area contributed by atoms with E-state index >= 15 is 0 Å². The Morgan fingerprint density at radius 1 is 1.30 bits per heavy atom. The number of carbonyl (C=O) groups excluding carboxylic acids is 1. The highest BCUT2D eigenvalue weighted by molar-refractivity contribution is 9.09. The number of aryl methyl sites for hydroxylation is 1. The third-order valence-electron chi connectivity index (χ3n) is 3.58. The number of hydrogen-bond acceptors (Lipinski definition) is 3. The molecule has 5 heteroatoms. The van der Waals surface area contributed by atoms with Crippen molar-refractivity contribution in [3.05, 3.63) is 23.8 Å². The van der Waals surface area contributed by atoms with Crippen LogP contribution in [0.2, 0.25) is 0 Å². The van der Waals surface area contributed by atoms with Crippen LogP contribution in [-0.2, 0) is 11.2 Å². The Kier molecular flexibility index (Phi) is 6.33. The lowest BCUT2D eigenvalue weighted by Gasteiger charge is -2.31. The van der Waals surface area contributed by atoms with Gasteiger partial charge in [0, 0.05) is 11.9 Å². The summed E-state index contributed by atoms with van der Waals surface area (Å²) in [5.74, 6) is 0.879. The Morgan fingerprint density at radius 3 is 2.78 bits per heavy atom. The average Bonchev–Trinajstić information content (AvgIpc) is 2.49. The lowest BCUT2D eigenvalue weighted by Crippen LogP contribution is -2.39. The zero-order valence-corrected chi connectivity index (χ0v) is 15.8. The van der Waals surface area contributed by atoms with E-state index in [0.29, 0.717) is 6.54 Å². The number of halogens is 1. The van der Waals surface area contributed by atoms with Crippen molar-refractivity contribution >= 4 is 27.7 Å². The van der Waals surface area contributed by atoms with Gasteiger partial charge in [0.25, 0.3) is 0 Å². The topological polar surface area (TPSA) is 38.8 Å². The zero-order chi connectivity index (χ0) is 16.9. The summed E-state index contributed by atoms with van der Waals surface area (Å²) in [6.07, 6.45) is 3.78. The van der Waals surface area contributed by atoms with Gasteiger partial charge in [-0.2, -0.15) is 0 Å². The second-order valence-corrected chi connectivity index (χ2v) is 7.56. The van der Waals surface area contributed by atoms with E-state index in [0.717, 1.165) is 54.6 Å². The molecule has 1 aliphatic rings. The van der Waals surface area contributed by atoms with Gasteiger partial charge in [-0.1, -0.05) is 15.9 Å². The standard InChI is InChI=1S/C18H26BrNO3/c1-18(2,3)23-17(21)20-11-6-7-14-13-15(8-9-16(14)20)22-12-5-4-10-19/h8-9,13H,4-7,10-12H2,1-3H3. The van der Waals surface area contributed by atoms with E-state index in [1.54, 1.807) is 4.90 Å². The molecule has 128 valence electrons. The Labute approximate surface area is 147 Å². The molecule has 0 N–H and O–H groups in total. The Bertz CT molecular complexity index is 540. The number of nitrogens with zero attached hydrogens (tertiary/aromatic N) is 1. The van der Waals surface area contributed by atoms with Crippen LogP contribution in [0.15, 0.2) is 18.2 Å². The first-order chi connectivity index (χ1) is 10.9. The minimum Gasteiger partial charge on any atom is -0.494 e. The summed E-state index contributed by atoms with van der Waals surface area (Å²) in [6, 6.07) is 5.97. The molecule has 1 heterocycles. The van der Waals surface area contributed by atoms with Gasteiger partial charge in [-0.25, -0.2) is 4.79 Å². The zero-order valence-electron chi connectivity index (χ0n) is 14.2. The maximum absolute atomic E-state index is 12.4. The quantitative estimate of drug-likeness (QED) is 0.534. The average molecular weight is 384 g/mol. The maximum atomic E-state index is 12.4. The molecule has 0 saturated heterocycles. The Morgan fingerprint density at radius 2 is 2.09 bits per heavy atom. The SMILES string of the molecule is CC(C)(C)OC(=O)N1CCCc2cc(OCCCCBr)ccc21. The molecule has 0 aliphatic carbocycles. The van der Waals surface area contributed by atoms with Crippen molar-refractivity contribution in [2.75, 3.05) is 23.4 Å².